The molecule has 0 aliphatic rings. The third kappa shape index (κ3) is 4.65. The van der Waals surface area contributed by atoms with Gasteiger partial charge in [-0.1, -0.05) is 24.3 Å². The zero-order valence-electron chi connectivity index (χ0n) is 7.95. The molecule has 1 aromatic rings. The summed E-state index contributed by atoms with van der Waals surface area (Å²) in [6, 6.07) is 10.7. The molecule has 71 valence electrons. The van der Waals surface area contributed by atoms with Crippen molar-refractivity contribution in [3.05, 3.63) is 35.9 Å². The monoisotopic (exact) mass is 179 g/mol. The van der Waals surface area contributed by atoms with Crippen LogP contribution in [0.4, 0.5) is 0 Å². The fourth-order valence-corrected chi connectivity index (χ4v) is 0.970. The maximum absolute atomic E-state index is 5.38. The number of hydrogen-bond acceptors (Lipinski definition) is 2. The van der Waals surface area contributed by atoms with Crippen molar-refractivity contribution in [3.8, 4) is 0 Å². The van der Waals surface area contributed by atoms with E-state index in [1.54, 1.807) is 0 Å². The minimum absolute atomic E-state index is 0.655. The first kappa shape index (κ1) is 10.2. The van der Waals surface area contributed by atoms with Crippen molar-refractivity contribution >= 4 is 0 Å². The summed E-state index contributed by atoms with van der Waals surface area (Å²) in [5.74, 6) is 0. The van der Waals surface area contributed by atoms with Crippen LogP contribution in [0.1, 0.15) is 12.5 Å². The Morgan fingerprint density at radius 3 is 2.54 bits per heavy atom. The molecule has 0 amide bonds. The quantitative estimate of drug-likeness (QED) is 0.622. The lowest BCUT2D eigenvalue weighted by molar-refractivity contribution is 0.0453. The van der Waals surface area contributed by atoms with Crippen LogP contribution >= 0.6 is 0 Å². The van der Waals surface area contributed by atoms with Gasteiger partial charge in [0.2, 0.25) is 0 Å². The van der Waals surface area contributed by atoms with Gasteiger partial charge >= 0.3 is 0 Å². The highest BCUT2D eigenvalue weighted by molar-refractivity contribution is 5.12. The van der Waals surface area contributed by atoms with Gasteiger partial charge in [-0.2, -0.15) is 0 Å². The van der Waals surface area contributed by atoms with Crippen molar-refractivity contribution in [1.29, 1.82) is 0 Å². The number of hydrogen-bond donors (Lipinski definition) is 0. The average Bonchev–Trinajstić information content (AvgIpc) is 2.19. The standard InChI is InChI=1S/C11H15O2/c1-2-12-8-9-13-10-11-6-4-3-5-7-11/h4-7H,2,8-10H2,1H3. The lowest BCUT2D eigenvalue weighted by Crippen LogP contribution is -2.03. The summed E-state index contributed by atoms with van der Waals surface area (Å²) in [5.41, 5.74) is 1.18. The lowest BCUT2D eigenvalue weighted by atomic mass is 10.2. The van der Waals surface area contributed by atoms with Crippen molar-refractivity contribution in [1.82, 2.24) is 0 Å². The predicted octanol–water partition coefficient (Wildman–Crippen LogP) is 2.04. The van der Waals surface area contributed by atoms with Crippen LogP contribution in [0.2, 0.25) is 0 Å². The molecule has 0 aliphatic heterocycles. The Morgan fingerprint density at radius 1 is 1.15 bits per heavy atom. The van der Waals surface area contributed by atoms with Crippen LogP contribution in [-0.4, -0.2) is 19.8 Å². The zero-order valence-corrected chi connectivity index (χ0v) is 7.95. The molecule has 0 fully saturated rings. The largest absolute Gasteiger partial charge is 0.379 e. The van der Waals surface area contributed by atoms with E-state index in [1.165, 1.54) is 5.56 Å². The van der Waals surface area contributed by atoms with Gasteiger partial charge in [0.05, 0.1) is 19.8 Å². The van der Waals surface area contributed by atoms with E-state index in [0.717, 1.165) is 6.61 Å². The van der Waals surface area contributed by atoms with Crippen molar-refractivity contribution in [2.24, 2.45) is 0 Å². The van der Waals surface area contributed by atoms with E-state index in [-0.39, 0.29) is 0 Å². The number of ether oxygens (including phenoxy) is 2. The molecule has 0 spiro atoms. The molecule has 0 aliphatic carbocycles. The molecule has 0 aromatic heterocycles. The van der Waals surface area contributed by atoms with E-state index in [4.69, 9.17) is 9.47 Å². The smallest absolute Gasteiger partial charge is 0.0718 e. The van der Waals surface area contributed by atoms with Crippen molar-refractivity contribution < 1.29 is 9.47 Å². The molecule has 0 N–H and O–H groups in total. The summed E-state index contributed by atoms with van der Waals surface area (Å²) in [5, 5.41) is 0. The number of benzene rings is 1. The van der Waals surface area contributed by atoms with Crippen LogP contribution in [0.15, 0.2) is 24.3 Å². The van der Waals surface area contributed by atoms with E-state index >= 15 is 0 Å². The first-order valence-corrected chi connectivity index (χ1v) is 4.54. The molecule has 0 atom stereocenters. The Balaban J connectivity index is 2.07. The van der Waals surface area contributed by atoms with Gasteiger partial charge < -0.3 is 9.47 Å². The molecule has 0 unspecified atom stereocenters. The summed E-state index contributed by atoms with van der Waals surface area (Å²) < 4.78 is 10.5. The molecule has 13 heavy (non-hydrogen) atoms. The third-order valence-corrected chi connectivity index (χ3v) is 1.63. The first-order chi connectivity index (χ1) is 6.43. The van der Waals surface area contributed by atoms with Crippen LogP contribution in [0.25, 0.3) is 0 Å². The molecule has 0 heterocycles. The topological polar surface area (TPSA) is 18.5 Å². The van der Waals surface area contributed by atoms with Gasteiger partial charge in [-0.3, -0.25) is 0 Å². The maximum atomic E-state index is 5.38. The molecule has 2 heteroatoms. The molecule has 1 rings (SSSR count). The minimum Gasteiger partial charge on any atom is -0.379 e. The van der Waals surface area contributed by atoms with Gasteiger partial charge in [0.1, 0.15) is 0 Å². The Hall–Kier alpha value is -0.860. The zero-order chi connectivity index (χ0) is 9.36. The highest BCUT2D eigenvalue weighted by Crippen LogP contribution is 1.99. The van der Waals surface area contributed by atoms with Crippen LogP contribution in [0.3, 0.4) is 0 Å². The Kier molecular flexibility index (Phi) is 5.22. The lowest BCUT2D eigenvalue weighted by Gasteiger charge is -2.03. The second kappa shape index (κ2) is 6.63. The minimum atomic E-state index is 0.655. The second-order valence-corrected chi connectivity index (χ2v) is 2.66. The molecule has 1 radical (unpaired) electrons. The molecule has 0 saturated heterocycles. The molecule has 1 aromatic carbocycles. The van der Waals surface area contributed by atoms with Gasteiger partial charge in [-0.25, -0.2) is 0 Å². The van der Waals surface area contributed by atoms with E-state index in [9.17, 15) is 0 Å². The Bertz CT molecular complexity index is 209. The molecular formula is C11H15O2. The highest BCUT2D eigenvalue weighted by atomic mass is 16.5. The number of rotatable bonds is 6. The normalized spacial score (nSPS) is 10.2. The molecule has 0 saturated carbocycles. The van der Waals surface area contributed by atoms with Gasteiger partial charge in [-0.05, 0) is 18.6 Å². The third-order valence-electron chi connectivity index (χ3n) is 1.63. The summed E-state index contributed by atoms with van der Waals surface area (Å²) >= 11 is 0. The second-order valence-electron chi connectivity index (χ2n) is 2.66. The van der Waals surface area contributed by atoms with Crippen molar-refractivity contribution in [3.63, 3.8) is 0 Å². The van der Waals surface area contributed by atoms with Crippen molar-refractivity contribution in [2.75, 3.05) is 19.8 Å². The van der Waals surface area contributed by atoms with E-state index in [2.05, 4.69) is 6.07 Å². The van der Waals surface area contributed by atoms with E-state index in [0.29, 0.717) is 19.8 Å². The van der Waals surface area contributed by atoms with E-state index < -0.39 is 0 Å². The van der Waals surface area contributed by atoms with Gasteiger partial charge in [0, 0.05) is 6.61 Å². The summed E-state index contributed by atoms with van der Waals surface area (Å²) in [6.07, 6.45) is 0. The molecular weight excluding hydrogens is 164 g/mol. The molecule has 2 nitrogen and oxygen atoms in total. The van der Waals surface area contributed by atoms with Crippen LogP contribution < -0.4 is 0 Å². The fraction of sp³-hybridized carbons (Fsp3) is 0.455. The average molecular weight is 179 g/mol. The van der Waals surface area contributed by atoms with Crippen LogP contribution in [-0.2, 0) is 16.1 Å². The van der Waals surface area contributed by atoms with Crippen molar-refractivity contribution in [2.45, 2.75) is 13.5 Å². The maximum Gasteiger partial charge on any atom is 0.0718 e. The first-order valence-electron chi connectivity index (χ1n) is 4.54. The fourth-order valence-electron chi connectivity index (χ4n) is 0.970. The van der Waals surface area contributed by atoms with Gasteiger partial charge in [0.15, 0.2) is 0 Å². The Morgan fingerprint density at radius 2 is 1.85 bits per heavy atom. The summed E-state index contributed by atoms with van der Waals surface area (Å²) in [6.45, 7) is 4.72. The van der Waals surface area contributed by atoms with Crippen LogP contribution in [0, 0.1) is 6.07 Å². The highest BCUT2D eigenvalue weighted by Gasteiger charge is 1.90. The SMILES string of the molecule is CCOCCOCc1cc[c]cc1. The van der Waals surface area contributed by atoms with E-state index in [1.807, 2.05) is 31.2 Å². The summed E-state index contributed by atoms with van der Waals surface area (Å²) in [7, 11) is 0. The molecule has 0 bridgehead atoms. The predicted molar refractivity (Wildman–Crippen MR) is 51.4 cm³/mol. The van der Waals surface area contributed by atoms with Crippen LogP contribution in [0.5, 0.6) is 0 Å². The van der Waals surface area contributed by atoms with Gasteiger partial charge in [0.25, 0.3) is 0 Å². The summed E-state index contributed by atoms with van der Waals surface area (Å²) in [4.78, 5) is 0. The Labute approximate surface area is 79.5 Å². The van der Waals surface area contributed by atoms with Gasteiger partial charge in [-0.15, -0.1) is 0 Å².